The number of nitrogens with zero attached hydrogens (tertiary/aromatic N) is 2. The van der Waals surface area contributed by atoms with Crippen LogP contribution in [0.2, 0.25) is 0 Å². The van der Waals surface area contributed by atoms with Crippen LogP contribution < -0.4 is 5.32 Å². The zero-order valence-electron chi connectivity index (χ0n) is 12.2. The van der Waals surface area contributed by atoms with Crippen LogP contribution >= 0.6 is 0 Å². The van der Waals surface area contributed by atoms with Gasteiger partial charge in [0.25, 0.3) is 0 Å². The lowest BCUT2D eigenvalue weighted by atomic mass is 9.94. The number of amides is 1. The smallest absolute Gasteiger partial charge is 0.412 e. The second-order valence-electron chi connectivity index (χ2n) is 5.76. The highest BCUT2D eigenvalue weighted by molar-refractivity contribution is 5.93. The van der Waals surface area contributed by atoms with Crippen LogP contribution in [0.3, 0.4) is 0 Å². The molecule has 6 nitrogen and oxygen atoms in total. The summed E-state index contributed by atoms with van der Waals surface area (Å²) < 4.78 is 5.35. The molecule has 1 aliphatic rings. The molecule has 2 aromatic heterocycles. The fourth-order valence-corrected chi connectivity index (χ4v) is 2.73. The van der Waals surface area contributed by atoms with E-state index in [4.69, 9.17) is 4.74 Å². The lowest BCUT2D eigenvalue weighted by Gasteiger charge is -2.32. The van der Waals surface area contributed by atoms with E-state index in [1.807, 2.05) is 38.1 Å². The molecule has 3 heterocycles. The van der Waals surface area contributed by atoms with E-state index in [0.29, 0.717) is 0 Å². The van der Waals surface area contributed by atoms with Crippen LogP contribution in [0.25, 0.3) is 22.4 Å². The Balaban J connectivity index is 1.90. The molecule has 1 aromatic carbocycles. The number of pyridine rings is 1. The first-order chi connectivity index (χ1) is 10.5. The number of H-pyrrole nitrogens is 1. The molecule has 0 saturated heterocycles. The molecule has 0 unspecified atom stereocenters. The standard InChI is InChI=1S/C16H14N4O2/c1-16(2)10-7-12-13(8-11(10)20-15(21)22-16)19-14(18-12)9-3-5-17-6-4-9/h3-8H,1-2H3,(H,18,19)(H,20,21). The number of nitrogens with one attached hydrogen (secondary N) is 2. The largest absolute Gasteiger partial charge is 0.438 e. The third-order valence-electron chi connectivity index (χ3n) is 3.81. The van der Waals surface area contributed by atoms with Gasteiger partial charge in [-0.1, -0.05) is 0 Å². The number of carbonyl (C=O) groups is 1. The molecular formula is C16H14N4O2. The van der Waals surface area contributed by atoms with Crippen LogP contribution in [-0.2, 0) is 10.3 Å². The van der Waals surface area contributed by atoms with E-state index in [1.54, 1.807) is 12.4 Å². The third-order valence-corrected chi connectivity index (χ3v) is 3.81. The van der Waals surface area contributed by atoms with E-state index in [-0.39, 0.29) is 0 Å². The van der Waals surface area contributed by atoms with Gasteiger partial charge in [0.05, 0.1) is 16.7 Å². The van der Waals surface area contributed by atoms with E-state index in [1.165, 1.54) is 0 Å². The Morgan fingerprint density at radius 2 is 1.95 bits per heavy atom. The van der Waals surface area contributed by atoms with Crippen LogP contribution in [0, 0.1) is 0 Å². The summed E-state index contributed by atoms with van der Waals surface area (Å²) in [5, 5.41) is 2.73. The molecule has 0 atom stereocenters. The maximum Gasteiger partial charge on any atom is 0.412 e. The van der Waals surface area contributed by atoms with Gasteiger partial charge >= 0.3 is 6.09 Å². The molecular weight excluding hydrogens is 280 g/mol. The molecule has 22 heavy (non-hydrogen) atoms. The number of carbonyl (C=O) groups excluding carboxylic acids is 1. The summed E-state index contributed by atoms with van der Waals surface area (Å²) in [4.78, 5) is 23.5. The lowest BCUT2D eigenvalue weighted by Crippen LogP contribution is -2.34. The molecule has 1 amide bonds. The highest BCUT2D eigenvalue weighted by atomic mass is 16.6. The Hall–Kier alpha value is -2.89. The fraction of sp³-hybridized carbons (Fsp3) is 0.188. The first kappa shape index (κ1) is 12.8. The van der Waals surface area contributed by atoms with Crippen LogP contribution in [0.5, 0.6) is 0 Å². The predicted octanol–water partition coefficient (Wildman–Crippen LogP) is 3.42. The van der Waals surface area contributed by atoms with Gasteiger partial charge in [0.15, 0.2) is 0 Å². The van der Waals surface area contributed by atoms with Crippen molar-refractivity contribution in [2.75, 3.05) is 5.32 Å². The summed E-state index contributed by atoms with van der Waals surface area (Å²) >= 11 is 0. The number of benzene rings is 1. The van der Waals surface area contributed by atoms with Gasteiger partial charge in [0.2, 0.25) is 0 Å². The molecule has 3 aromatic rings. The van der Waals surface area contributed by atoms with Crippen LogP contribution in [0.1, 0.15) is 19.4 Å². The number of fused-ring (bicyclic) bond motifs is 2. The van der Waals surface area contributed by atoms with Crippen molar-refractivity contribution in [1.82, 2.24) is 15.0 Å². The van der Waals surface area contributed by atoms with Crippen molar-refractivity contribution in [1.29, 1.82) is 0 Å². The van der Waals surface area contributed by atoms with E-state index in [2.05, 4.69) is 20.3 Å². The second kappa shape index (κ2) is 4.30. The Kier molecular flexibility index (Phi) is 2.51. The van der Waals surface area contributed by atoms with Gasteiger partial charge in [-0.05, 0) is 38.1 Å². The molecule has 2 N–H and O–H groups in total. The van der Waals surface area contributed by atoms with Crippen molar-refractivity contribution >= 4 is 22.8 Å². The first-order valence-electron chi connectivity index (χ1n) is 6.97. The molecule has 0 bridgehead atoms. The summed E-state index contributed by atoms with van der Waals surface area (Å²) in [7, 11) is 0. The topological polar surface area (TPSA) is 79.9 Å². The van der Waals surface area contributed by atoms with Gasteiger partial charge in [0, 0.05) is 23.5 Å². The number of hydrogen-bond donors (Lipinski definition) is 2. The monoisotopic (exact) mass is 294 g/mol. The predicted molar refractivity (Wildman–Crippen MR) is 82.5 cm³/mol. The number of hydrogen-bond acceptors (Lipinski definition) is 4. The normalized spacial score (nSPS) is 16.0. The number of ether oxygens (including phenoxy) is 1. The second-order valence-corrected chi connectivity index (χ2v) is 5.76. The van der Waals surface area contributed by atoms with E-state index >= 15 is 0 Å². The average Bonchev–Trinajstić information content (AvgIpc) is 2.88. The number of aromatic nitrogens is 3. The minimum Gasteiger partial charge on any atom is -0.438 e. The van der Waals surface area contributed by atoms with Crippen molar-refractivity contribution in [3.05, 3.63) is 42.2 Å². The number of rotatable bonds is 1. The zero-order valence-corrected chi connectivity index (χ0v) is 12.2. The third kappa shape index (κ3) is 1.92. The highest BCUT2D eigenvalue weighted by Crippen LogP contribution is 2.38. The van der Waals surface area contributed by atoms with E-state index in [9.17, 15) is 4.79 Å². The molecule has 110 valence electrons. The molecule has 1 aliphatic heterocycles. The Morgan fingerprint density at radius 3 is 2.73 bits per heavy atom. The fourth-order valence-electron chi connectivity index (χ4n) is 2.73. The van der Waals surface area contributed by atoms with E-state index in [0.717, 1.165) is 33.7 Å². The van der Waals surface area contributed by atoms with Crippen LogP contribution in [0.4, 0.5) is 10.5 Å². The molecule has 0 aliphatic carbocycles. The average molecular weight is 294 g/mol. The van der Waals surface area contributed by atoms with Crippen LogP contribution in [0.15, 0.2) is 36.7 Å². The molecule has 0 saturated carbocycles. The van der Waals surface area contributed by atoms with Gasteiger partial charge in [-0.15, -0.1) is 0 Å². The number of aromatic amines is 1. The Morgan fingerprint density at radius 1 is 1.18 bits per heavy atom. The zero-order chi connectivity index (χ0) is 15.3. The highest BCUT2D eigenvalue weighted by Gasteiger charge is 2.34. The van der Waals surface area contributed by atoms with Crippen molar-refractivity contribution in [3.63, 3.8) is 0 Å². The van der Waals surface area contributed by atoms with Crippen molar-refractivity contribution < 1.29 is 9.53 Å². The van der Waals surface area contributed by atoms with Gasteiger partial charge in [-0.25, -0.2) is 9.78 Å². The minimum atomic E-state index is -0.673. The summed E-state index contributed by atoms with van der Waals surface area (Å²) in [6.45, 7) is 3.74. The van der Waals surface area contributed by atoms with Gasteiger partial charge < -0.3 is 9.72 Å². The summed E-state index contributed by atoms with van der Waals surface area (Å²) in [6.07, 6.45) is 3.01. The Labute approximate surface area is 126 Å². The van der Waals surface area contributed by atoms with Crippen LogP contribution in [-0.4, -0.2) is 21.0 Å². The minimum absolute atomic E-state index is 0.443. The summed E-state index contributed by atoms with van der Waals surface area (Å²) in [5.74, 6) is 0.768. The molecule has 6 heteroatoms. The molecule has 0 fully saturated rings. The Bertz CT molecular complexity index is 884. The maximum atomic E-state index is 11.6. The molecule has 4 rings (SSSR count). The number of imidazole rings is 1. The summed E-state index contributed by atoms with van der Waals surface area (Å²) in [6, 6.07) is 7.63. The lowest BCUT2D eigenvalue weighted by molar-refractivity contribution is 0.0421. The van der Waals surface area contributed by atoms with Crippen molar-refractivity contribution in [2.45, 2.75) is 19.4 Å². The maximum absolute atomic E-state index is 11.6. The van der Waals surface area contributed by atoms with Crippen molar-refractivity contribution in [3.8, 4) is 11.4 Å². The van der Waals surface area contributed by atoms with Gasteiger partial charge in [-0.3, -0.25) is 10.3 Å². The summed E-state index contributed by atoms with van der Waals surface area (Å²) in [5.41, 5.74) is 3.64. The van der Waals surface area contributed by atoms with E-state index < -0.39 is 11.7 Å². The number of anilines is 1. The molecule has 0 radical (unpaired) electrons. The number of cyclic esters (lactones) is 1. The SMILES string of the molecule is CC1(C)OC(=O)Nc2cc3nc(-c4ccncc4)[nH]c3cc21. The van der Waals surface area contributed by atoms with Gasteiger partial charge in [-0.2, -0.15) is 0 Å². The van der Waals surface area contributed by atoms with Crippen molar-refractivity contribution in [2.24, 2.45) is 0 Å². The first-order valence-corrected chi connectivity index (χ1v) is 6.97. The van der Waals surface area contributed by atoms with Gasteiger partial charge in [0.1, 0.15) is 11.4 Å². The molecule has 0 spiro atoms. The quantitative estimate of drug-likeness (QED) is 0.720.